The number of alkyl halides is 3. The van der Waals surface area contributed by atoms with Crippen molar-refractivity contribution in [1.29, 1.82) is 0 Å². The van der Waals surface area contributed by atoms with Gasteiger partial charge in [0, 0.05) is 31.5 Å². The highest BCUT2D eigenvalue weighted by Gasteiger charge is 2.40. The average Bonchev–Trinajstić information content (AvgIpc) is 3.45. The quantitative estimate of drug-likeness (QED) is 0.262. The minimum Gasteiger partial charge on any atom is -0.481 e. The predicted molar refractivity (Wildman–Crippen MR) is 147 cm³/mol. The molecular weight excluding hydrogens is 559 g/mol. The topological polar surface area (TPSA) is 87.2 Å². The van der Waals surface area contributed by atoms with E-state index in [1.165, 1.54) is 31.4 Å². The molecule has 8 nitrogen and oxygen atoms in total. The zero-order valence-electron chi connectivity index (χ0n) is 22.9. The molecule has 214 valence electrons. The summed E-state index contributed by atoms with van der Waals surface area (Å²) in [5, 5.41) is 13.4. The van der Waals surface area contributed by atoms with Crippen molar-refractivity contribution in [2.45, 2.75) is 32.2 Å². The smallest absolute Gasteiger partial charge is 0.481 e. The number of hydrogen-bond donors (Lipinski definition) is 1. The summed E-state index contributed by atoms with van der Waals surface area (Å²) in [6.45, 7) is 3.69. The SMILES string of the molecule is COc1nc2ccc(C(O)(c3cnc(C)n3C)c3cnc(C)n3C)cc2c(Cl)c1Cc1ccc(OC(F)(F)F)cc1. The molecule has 5 aromatic rings. The number of aliphatic hydroxyl groups is 1. The Morgan fingerprint density at radius 2 is 1.51 bits per heavy atom. The van der Waals surface area contributed by atoms with Crippen molar-refractivity contribution in [2.75, 3.05) is 7.11 Å². The van der Waals surface area contributed by atoms with Gasteiger partial charge in [-0.15, -0.1) is 13.2 Å². The van der Waals surface area contributed by atoms with Crippen LogP contribution >= 0.6 is 11.6 Å². The maximum atomic E-state index is 12.6. The number of nitrogens with zero attached hydrogens (tertiary/aromatic N) is 5. The van der Waals surface area contributed by atoms with Gasteiger partial charge in [0.2, 0.25) is 5.88 Å². The molecule has 0 radical (unpaired) electrons. The second-order valence-electron chi connectivity index (χ2n) is 9.72. The lowest BCUT2D eigenvalue weighted by atomic mass is 9.86. The van der Waals surface area contributed by atoms with E-state index in [0.29, 0.717) is 44.0 Å². The Morgan fingerprint density at radius 1 is 0.927 bits per heavy atom. The summed E-state index contributed by atoms with van der Waals surface area (Å²) < 4.78 is 50.9. The van der Waals surface area contributed by atoms with Gasteiger partial charge in [0.25, 0.3) is 0 Å². The highest BCUT2D eigenvalue weighted by Crippen LogP contribution is 2.41. The van der Waals surface area contributed by atoms with E-state index < -0.39 is 12.0 Å². The van der Waals surface area contributed by atoms with Gasteiger partial charge in [0.05, 0.1) is 41.4 Å². The molecule has 0 saturated carbocycles. The third-order valence-corrected chi connectivity index (χ3v) is 7.74. The Morgan fingerprint density at radius 3 is 2.00 bits per heavy atom. The number of aromatic nitrogens is 5. The Bertz CT molecular complexity index is 1700. The van der Waals surface area contributed by atoms with Crippen LogP contribution < -0.4 is 9.47 Å². The lowest BCUT2D eigenvalue weighted by molar-refractivity contribution is -0.274. The largest absolute Gasteiger partial charge is 0.573 e. The molecule has 0 amide bonds. The van der Waals surface area contributed by atoms with E-state index in [9.17, 15) is 18.3 Å². The van der Waals surface area contributed by atoms with E-state index in [1.807, 2.05) is 37.1 Å². The molecule has 1 N–H and O–H groups in total. The number of imidazole rings is 2. The fraction of sp³-hybridized carbons (Fsp3) is 0.276. The highest BCUT2D eigenvalue weighted by atomic mass is 35.5. The summed E-state index contributed by atoms with van der Waals surface area (Å²) >= 11 is 6.97. The first-order chi connectivity index (χ1) is 19.3. The summed E-state index contributed by atoms with van der Waals surface area (Å²) in [5.74, 6) is 1.40. The Kier molecular flexibility index (Phi) is 7.20. The van der Waals surface area contributed by atoms with Gasteiger partial charge in [-0.05, 0) is 49.2 Å². The molecule has 0 saturated heterocycles. The van der Waals surface area contributed by atoms with Crippen LogP contribution in [0.25, 0.3) is 10.9 Å². The van der Waals surface area contributed by atoms with E-state index in [4.69, 9.17) is 16.3 Å². The molecule has 3 aromatic heterocycles. The fourth-order valence-electron chi connectivity index (χ4n) is 4.91. The third kappa shape index (κ3) is 5.11. The number of pyridine rings is 1. The number of aryl methyl sites for hydroxylation is 2. The molecule has 2 aromatic carbocycles. The van der Waals surface area contributed by atoms with Gasteiger partial charge < -0.3 is 23.7 Å². The van der Waals surface area contributed by atoms with Crippen LogP contribution in [0.15, 0.2) is 54.9 Å². The Balaban J connectivity index is 1.64. The van der Waals surface area contributed by atoms with Crippen LogP contribution in [0, 0.1) is 13.8 Å². The second kappa shape index (κ2) is 10.4. The lowest BCUT2D eigenvalue weighted by Crippen LogP contribution is -2.33. The summed E-state index contributed by atoms with van der Waals surface area (Å²) in [4.78, 5) is 13.4. The van der Waals surface area contributed by atoms with Gasteiger partial charge in [0.15, 0.2) is 5.60 Å². The minimum atomic E-state index is -4.78. The fourth-order valence-corrected chi connectivity index (χ4v) is 5.21. The Labute approximate surface area is 239 Å². The van der Waals surface area contributed by atoms with Crippen LogP contribution in [0.4, 0.5) is 13.2 Å². The third-order valence-electron chi connectivity index (χ3n) is 7.31. The van der Waals surface area contributed by atoms with Crippen molar-refractivity contribution >= 4 is 22.5 Å². The average molecular weight is 586 g/mol. The summed E-state index contributed by atoms with van der Waals surface area (Å²) in [5.41, 5.74) is 1.71. The first kappa shape index (κ1) is 28.4. The Hall–Kier alpha value is -4.09. The zero-order chi connectivity index (χ0) is 29.7. The van der Waals surface area contributed by atoms with Crippen molar-refractivity contribution in [1.82, 2.24) is 24.1 Å². The molecule has 0 aliphatic carbocycles. The van der Waals surface area contributed by atoms with Gasteiger partial charge in [-0.2, -0.15) is 0 Å². The predicted octanol–water partition coefficient (Wildman–Crippen LogP) is 5.75. The van der Waals surface area contributed by atoms with Gasteiger partial charge in [0.1, 0.15) is 17.4 Å². The molecule has 0 atom stereocenters. The number of halogens is 4. The van der Waals surface area contributed by atoms with Crippen LogP contribution in [0.3, 0.4) is 0 Å². The van der Waals surface area contributed by atoms with E-state index in [0.717, 1.165) is 11.6 Å². The van der Waals surface area contributed by atoms with Crippen LogP contribution in [-0.4, -0.2) is 42.7 Å². The minimum absolute atomic E-state index is 0.230. The molecule has 12 heteroatoms. The van der Waals surface area contributed by atoms with Crippen LogP contribution in [0.2, 0.25) is 5.02 Å². The van der Waals surface area contributed by atoms with Crippen LogP contribution in [0.5, 0.6) is 11.6 Å². The zero-order valence-corrected chi connectivity index (χ0v) is 23.7. The molecule has 0 aliphatic heterocycles. The highest BCUT2D eigenvalue weighted by molar-refractivity contribution is 6.36. The molecule has 41 heavy (non-hydrogen) atoms. The number of rotatable bonds is 7. The summed E-state index contributed by atoms with van der Waals surface area (Å²) in [7, 11) is 5.13. The summed E-state index contributed by atoms with van der Waals surface area (Å²) in [6.07, 6.45) is -1.29. The van der Waals surface area contributed by atoms with E-state index in [1.54, 1.807) is 30.6 Å². The molecule has 0 fully saturated rings. The number of benzene rings is 2. The van der Waals surface area contributed by atoms with Gasteiger partial charge >= 0.3 is 6.36 Å². The summed E-state index contributed by atoms with van der Waals surface area (Å²) in [6, 6.07) is 10.8. The van der Waals surface area contributed by atoms with Crippen molar-refractivity contribution < 1.29 is 27.8 Å². The van der Waals surface area contributed by atoms with E-state index in [-0.39, 0.29) is 18.1 Å². The monoisotopic (exact) mass is 585 g/mol. The van der Waals surface area contributed by atoms with Gasteiger partial charge in [-0.3, -0.25) is 0 Å². The van der Waals surface area contributed by atoms with Gasteiger partial charge in [-0.25, -0.2) is 15.0 Å². The number of ether oxygens (including phenoxy) is 2. The molecule has 3 heterocycles. The van der Waals surface area contributed by atoms with Crippen molar-refractivity contribution in [3.05, 3.63) is 99.6 Å². The van der Waals surface area contributed by atoms with Crippen LogP contribution in [-0.2, 0) is 26.1 Å². The van der Waals surface area contributed by atoms with Crippen molar-refractivity contribution in [2.24, 2.45) is 14.1 Å². The number of fused-ring (bicyclic) bond motifs is 1. The standard InChI is InChI=1S/C29H27ClF3N5O3/c1-16-34-14-24(37(16)3)28(39,25-15-35-17(2)38(25)4)19-8-11-23-21(13-19)26(30)22(27(36-23)40-5)12-18-6-9-20(10-7-18)41-29(31,32)33/h6-11,13-15,39H,12H2,1-5H3. The molecule has 0 spiro atoms. The molecule has 0 unspecified atom stereocenters. The normalized spacial score (nSPS) is 12.2. The molecular formula is C29H27ClF3N5O3. The molecule has 0 bridgehead atoms. The number of methoxy groups -OCH3 is 1. The maximum Gasteiger partial charge on any atom is 0.573 e. The number of hydrogen-bond acceptors (Lipinski definition) is 6. The van der Waals surface area contributed by atoms with Gasteiger partial charge in [-0.1, -0.05) is 29.8 Å². The maximum absolute atomic E-state index is 12.6. The second-order valence-corrected chi connectivity index (χ2v) is 10.1. The lowest BCUT2D eigenvalue weighted by Gasteiger charge is -2.30. The van der Waals surface area contributed by atoms with E-state index >= 15 is 0 Å². The first-order valence-corrected chi connectivity index (χ1v) is 12.9. The molecule has 5 rings (SSSR count). The van der Waals surface area contributed by atoms with Crippen LogP contribution in [0.1, 0.15) is 39.7 Å². The van der Waals surface area contributed by atoms with Crippen molar-refractivity contribution in [3.8, 4) is 11.6 Å². The first-order valence-electron chi connectivity index (χ1n) is 12.5. The van der Waals surface area contributed by atoms with E-state index in [2.05, 4.69) is 19.7 Å². The molecule has 0 aliphatic rings. The van der Waals surface area contributed by atoms with Crippen molar-refractivity contribution in [3.63, 3.8) is 0 Å².